The van der Waals surface area contributed by atoms with Crippen molar-refractivity contribution in [1.29, 1.82) is 0 Å². The fourth-order valence-electron chi connectivity index (χ4n) is 2.88. The van der Waals surface area contributed by atoms with E-state index in [0.717, 1.165) is 39.3 Å². The maximum atomic E-state index is 4.30. The van der Waals surface area contributed by atoms with Crippen LogP contribution in [0.1, 0.15) is 39.7 Å². The van der Waals surface area contributed by atoms with Crippen LogP contribution in [0.2, 0.25) is 0 Å². The monoisotopic (exact) mass is 290 g/mol. The average Bonchev–Trinajstić information content (AvgIpc) is 2.47. The van der Waals surface area contributed by atoms with E-state index in [0.29, 0.717) is 0 Å². The summed E-state index contributed by atoms with van der Waals surface area (Å²) in [5.74, 6) is 0. The Labute approximate surface area is 129 Å². The molecule has 0 aliphatic carbocycles. The standard InChI is InChI=1S/C17H30N4/c1-5-7-18-13-15-14-19-8-6-16(15)20-9-11-21(12-10-20)17(2,3)4/h6,8,14,18H,5,7,9-13H2,1-4H3. The number of hydrogen-bond donors (Lipinski definition) is 1. The van der Waals surface area contributed by atoms with Gasteiger partial charge in [0, 0.05) is 61.9 Å². The molecule has 1 fully saturated rings. The molecule has 1 N–H and O–H groups in total. The summed E-state index contributed by atoms with van der Waals surface area (Å²) in [6.07, 6.45) is 5.09. The Morgan fingerprint density at radius 3 is 2.52 bits per heavy atom. The van der Waals surface area contributed by atoms with Gasteiger partial charge in [-0.1, -0.05) is 6.92 Å². The van der Waals surface area contributed by atoms with E-state index in [-0.39, 0.29) is 5.54 Å². The minimum absolute atomic E-state index is 0.274. The van der Waals surface area contributed by atoms with Gasteiger partial charge in [-0.3, -0.25) is 9.88 Å². The van der Waals surface area contributed by atoms with Crippen molar-refractivity contribution in [3.63, 3.8) is 0 Å². The van der Waals surface area contributed by atoms with E-state index in [1.54, 1.807) is 0 Å². The highest BCUT2D eigenvalue weighted by molar-refractivity contribution is 5.52. The van der Waals surface area contributed by atoms with E-state index in [1.165, 1.54) is 17.7 Å². The molecule has 1 aliphatic rings. The van der Waals surface area contributed by atoms with Gasteiger partial charge in [-0.2, -0.15) is 0 Å². The Hall–Kier alpha value is -1.13. The largest absolute Gasteiger partial charge is 0.369 e. The van der Waals surface area contributed by atoms with Gasteiger partial charge in [0.2, 0.25) is 0 Å². The van der Waals surface area contributed by atoms with Crippen molar-refractivity contribution in [1.82, 2.24) is 15.2 Å². The number of aromatic nitrogens is 1. The Balaban J connectivity index is 1.99. The number of nitrogens with zero attached hydrogens (tertiary/aromatic N) is 3. The molecule has 118 valence electrons. The van der Waals surface area contributed by atoms with E-state index >= 15 is 0 Å². The number of rotatable bonds is 5. The quantitative estimate of drug-likeness (QED) is 0.844. The van der Waals surface area contributed by atoms with Crippen molar-refractivity contribution in [2.45, 2.75) is 46.2 Å². The van der Waals surface area contributed by atoms with E-state index in [9.17, 15) is 0 Å². The van der Waals surface area contributed by atoms with Crippen LogP contribution >= 0.6 is 0 Å². The van der Waals surface area contributed by atoms with Gasteiger partial charge in [-0.05, 0) is 39.8 Å². The summed E-state index contributed by atoms with van der Waals surface area (Å²) >= 11 is 0. The molecule has 0 unspecified atom stereocenters. The lowest BCUT2D eigenvalue weighted by atomic mass is 10.0. The number of nitrogens with one attached hydrogen (secondary N) is 1. The van der Waals surface area contributed by atoms with Gasteiger partial charge >= 0.3 is 0 Å². The lowest BCUT2D eigenvalue weighted by Gasteiger charge is -2.43. The molecule has 0 spiro atoms. The zero-order valence-corrected chi connectivity index (χ0v) is 14.0. The lowest BCUT2D eigenvalue weighted by molar-refractivity contribution is 0.128. The van der Waals surface area contributed by atoms with Gasteiger partial charge in [0.15, 0.2) is 0 Å². The van der Waals surface area contributed by atoms with Crippen LogP contribution in [-0.4, -0.2) is 48.1 Å². The Kier molecular flexibility index (Phi) is 5.59. The molecule has 21 heavy (non-hydrogen) atoms. The van der Waals surface area contributed by atoms with Crippen LogP contribution in [0, 0.1) is 0 Å². The summed E-state index contributed by atoms with van der Waals surface area (Å²) in [5, 5.41) is 3.49. The molecule has 0 bridgehead atoms. The number of hydrogen-bond acceptors (Lipinski definition) is 4. The minimum Gasteiger partial charge on any atom is -0.369 e. The molecule has 4 heteroatoms. The maximum absolute atomic E-state index is 4.30. The predicted octanol–water partition coefficient (Wildman–Crippen LogP) is 2.50. The number of pyridine rings is 1. The fraction of sp³-hybridized carbons (Fsp3) is 0.706. The minimum atomic E-state index is 0.274. The lowest BCUT2D eigenvalue weighted by Crippen LogP contribution is -2.53. The third-order valence-electron chi connectivity index (χ3n) is 4.19. The summed E-state index contributed by atoms with van der Waals surface area (Å²) in [6.45, 7) is 15.5. The van der Waals surface area contributed by atoms with Crippen molar-refractivity contribution >= 4 is 5.69 Å². The molecule has 0 aromatic carbocycles. The molecular weight excluding hydrogens is 260 g/mol. The topological polar surface area (TPSA) is 31.4 Å². The van der Waals surface area contributed by atoms with Gasteiger partial charge in [0.25, 0.3) is 0 Å². The van der Waals surface area contributed by atoms with E-state index < -0.39 is 0 Å². The summed E-state index contributed by atoms with van der Waals surface area (Å²) in [7, 11) is 0. The fourth-order valence-corrected chi connectivity index (χ4v) is 2.88. The molecule has 0 amide bonds. The van der Waals surface area contributed by atoms with Crippen LogP contribution in [-0.2, 0) is 6.54 Å². The van der Waals surface area contributed by atoms with Gasteiger partial charge in [-0.15, -0.1) is 0 Å². The molecule has 1 aliphatic heterocycles. The molecule has 4 nitrogen and oxygen atoms in total. The maximum Gasteiger partial charge on any atom is 0.0443 e. The van der Waals surface area contributed by atoms with Gasteiger partial charge < -0.3 is 10.2 Å². The van der Waals surface area contributed by atoms with Crippen molar-refractivity contribution in [2.24, 2.45) is 0 Å². The van der Waals surface area contributed by atoms with Crippen LogP contribution in [0.25, 0.3) is 0 Å². The summed E-state index contributed by atoms with van der Waals surface area (Å²) in [6, 6.07) is 2.16. The molecule has 2 heterocycles. The van der Waals surface area contributed by atoms with Gasteiger partial charge in [0.1, 0.15) is 0 Å². The van der Waals surface area contributed by atoms with Crippen molar-refractivity contribution in [3.8, 4) is 0 Å². The molecule has 0 radical (unpaired) electrons. The molecule has 1 aromatic heterocycles. The first-order valence-electron chi connectivity index (χ1n) is 8.16. The molecule has 1 saturated heterocycles. The second-order valence-corrected chi connectivity index (χ2v) is 6.83. The highest BCUT2D eigenvalue weighted by Crippen LogP contribution is 2.23. The first kappa shape index (κ1) is 16.2. The SMILES string of the molecule is CCCNCc1cnccc1N1CCN(C(C)(C)C)CC1. The van der Waals surface area contributed by atoms with E-state index in [1.807, 2.05) is 12.4 Å². The average molecular weight is 290 g/mol. The zero-order valence-electron chi connectivity index (χ0n) is 14.0. The molecule has 0 atom stereocenters. The second kappa shape index (κ2) is 7.23. The van der Waals surface area contributed by atoms with Crippen LogP contribution in [0.15, 0.2) is 18.5 Å². The summed E-state index contributed by atoms with van der Waals surface area (Å²) in [5.41, 5.74) is 2.94. The van der Waals surface area contributed by atoms with Gasteiger partial charge in [0.05, 0.1) is 0 Å². The Morgan fingerprint density at radius 1 is 1.19 bits per heavy atom. The van der Waals surface area contributed by atoms with E-state index in [2.05, 4.69) is 53.9 Å². The third kappa shape index (κ3) is 4.42. The first-order valence-corrected chi connectivity index (χ1v) is 8.16. The second-order valence-electron chi connectivity index (χ2n) is 6.83. The predicted molar refractivity (Wildman–Crippen MR) is 89.8 cm³/mol. The van der Waals surface area contributed by atoms with Gasteiger partial charge in [-0.25, -0.2) is 0 Å². The molecule has 0 saturated carbocycles. The van der Waals surface area contributed by atoms with E-state index in [4.69, 9.17) is 0 Å². The molecular formula is C17H30N4. The third-order valence-corrected chi connectivity index (χ3v) is 4.19. The van der Waals surface area contributed by atoms with Crippen LogP contribution in [0.4, 0.5) is 5.69 Å². The van der Waals surface area contributed by atoms with Crippen molar-refractivity contribution in [3.05, 3.63) is 24.0 Å². The molecule has 2 rings (SSSR count). The zero-order chi connectivity index (χ0) is 15.3. The highest BCUT2D eigenvalue weighted by Gasteiger charge is 2.26. The summed E-state index contributed by atoms with van der Waals surface area (Å²) < 4.78 is 0. The number of anilines is 1. The molecule has 1 aromatic rings. The Bertz CT molecular complexity index is 431. The Morgan fingerprint density at radius 2 is 1.90 bits per heavy atom. The normalized spacial score (nSPS) is 17.2. The first-order chi connectivity index (χ1) is 10.0. The van der Waals surface area contributed by atoms with Crippen LogP contribution < -0.4 is 10.2 Å². The summed E-state index contributed by atoms with van der Waals surface area (Å²) in [4.78, 5) is 9.37. The number of piperazine rings is 1. The van der Waals surface area contributed by atoms with Crippen molar-refractivity contribution < 1.29 is 0 Å². The smallest absolute Gasteiger partial charge is 0.0443 e. The van der Waals surface area contributed by atoms with Crippen LogP contribution in [0.5, 0.6) is 0 Å². The highest BCUT2D eigenvalue weighted by atomic mass is 15.3. The van der Waals surface area contributed by atoms with Crippen LogP contribution in [0.3, 0.4) is 0 Å². The van der Waals surface area contributed by atoms with Crippen molar-refractivity contribution in [2.75, 3.05) is 37.6 Å².